The van der Waals surface area contributed by atoms with Crippen molar-refractivity contribution in [3.05, 3.63) is 0 Å². The molecule has 1 rings (SSSR count). The van der Waals surface area contributed by atoms with Gasteiger partial charge in [-0.15, -0.1) is 0 Å². The van der Waals surface area contributed by atoms with Crippen LogP contribution in [-0.4, -0.2) is 30.3 Å². The number of ether oxygens (including phenoxy) is 1. The van der Waals surface area contributed by atoms with E-state index in [1.165, 1.54) is 0 Å². The molecule has 0 saturated carbocycles. The molecule has 4 nitrogen and oxygen atoms in total. The van der Waals surface area contributed by atoms with Crippen molar-refractivity contribution in [1.82, 2.24) is 0 Å². The Bertz CT molecular complexity index is 336. The zero-order chi connectivity index (χ0) is 15.0. The third-order valence-corrected chi connectivity index (χ3v) is 3.67. The summed E-state index contributed by atoms with van der Waals surface area (Å²) >= 11 is 0. The van der Waals surface area contributed by atoms with Gasteiger partial charge in [-0.1, -0.05) is 25.7 Å². The molecule has 0 bridgehead atoms. The molecule has 1 saturated heterocycles. The quantitative estimate of drug-likeness (QED) is 0.381. The van der Waals surface area contributed by atoms with E-state index in [1.54, 1.807) is 0 Å². The molecule has 0 spiro atoms. The van der Waals surface area contributed by atoms with Crippen LogP contribution in [0.4, 0.5) is 8.78 Å². The van der Waals surface area contributed by atoms with Crippen LogP contribution in [-0.2, 0) is 14.3 Å². The number of hydrogen-bond donors (Lipinski definition) is 1. The molecule has 1 aliphatic rings. The highest BCUT2D eigenvalue weighted by molar-refractivity contribution is 6.09. The average molecular weight is 291 g/mol. The molecule has 0 aliphatic carbocycles. The van der Waals surface area contributed by atoms with Crippen LogP contribution >= 0.6 is 0 Å². The molecule has 0 radical (unpaired) electrons. The number of nitrogens with two attached hydrogens (primary N) is 1. The SMILES string of the molecule is N[C@@]1(C(=O)CCCCCCCCC(F)F)CCOC1=O. The van der Waals surface area contributed by atoms with Crippen LogP contribution in [0.2, 0.25) is 0 Å². The molecule has 1 aliphatic heterocycles. The van der Waals surface area contributed by atoms with Crippen molar-refractivity contribution < 1.29 is 23.1 Å². The van der Waals surface area contributed by atoms with E-state index in [1.807, 2.05) is 0 Å². The molecular weight excluding hydrogens is 268 g/mol. The molecule has 2 N–H and O–H groups in total. The molecule has 1 atom stereocenters. The Kier molecular flexibility index (Phi) is 7.05. The fraction of sp³-hybridized carbons (Fsp3) is 0.857. The fourth-order valence-electron chi connectivity index (χ4n) is 2.30. The summed E-state index contributed by atoms with van der Waals surface area (Å²) in [4.78, 5) is 23.2. The molecule has 0 amide bonds. The normalized spacial score (nSPS) is 22.3. The highest BCUT2D eigenvalue weighted by Crippen LogP contribution is 2.21. The lowest BCUT2D eigenvalue weighted by Crippen LogP contribution is -2.51. The van der Waals surface area contributed by atoms with Crippen LogP contribution in [0.5, 0.6) is 0 Å². The lowest BCUT2D eigenvalue weighted by molar-refractivity contribution is -0.146. The standard InChI is InChI=1S/C14H23F2NO3/c15-12(16)8-6-4-2-1-3-5-7-11(18)14(17)9-10-20-13(14)19/h12H,1-10,17H2/t14-/m1/s1. The summed E-state index contributed by atoms with van der Waals surface area (Å²) in [7, 11) is 0. The third kappa shape index (κ3) is 5.15. The highest BCUT2D eigenvalue weighted by Gasteiger charge is 2.46. The van der Waals surface area contributed by atoms with Crippen LogP contribution < -0.4 is 5.73 Å². The number of carbonyl (C=O) groups excluding carboxylic acids is 2. The van der Waals surface area contributed by atoms with Gasteiger partial charge in [0.25, 0.3) is 0 Å². The first-order valence-corrected chi connectivity index (χ1v) is 7.24. The summed E-state index contributed by atoms with van der Waals surface area (Å²) in [5.74, 6) is -0.868. The Labute approximate surface area is 118 Å². The third-order valence-electron chi connectivity index (χ3n) is 3.67. The van der Waals surface area contributed by atoms with Gasteiger partial charge in [-0.25, -0.2) is 13.6 Å². The van der Waals surface area contributed by atoms with Gasteiger partial charge in [0.05, 0.1) is 6.61 Å². The zero-order valence-corrected chi connectivity index (χ0v) is 11.7. The molecule has 0 unspecified atom stereocenters. The summed E-state index contributed by atoms with van der Waals surface area (Å²) in [5, 5.41) is 0. The number of cyclic esters (lactones) is 1. The topological polar surface area (TPSA) is 69.4 Å². The van der Waals surface area contributed by atoms with E-state index in [4.69, 9.17) is 10.5 Å². The van der Waals surface area contributed by atoms with Gasteiger partial charge in [0.15, 0.2) is 11.3 Å². The van der Waals surface area contributed by atoms with Gasteiger partial charge in [0.2, 0.25) is 6.43 Å². The minimum absolute atomic E-state index is 0.0315. The number of rotatable bonds is 10. The molecule has 20 heavy (non-hydrogen) atoms. The maximum absolute atomic E-state index is 11.9. The Hall–Kier alpha value is -1.04. The summed E-state index contributed by atoms with van der Waals surface area (Å²) in [5.41, 5.74) is 4.33. The second kappa shape index (κ2) is 8.29. The summed E-state index contributed by atoms with van der Waals surface area (Å²) in [6.07, 6.45) is 3.00. The lowest BCUT2D eigenvalue weighted by Gasteiger charge is -2.16. The van der Waals surface area contributed by atoms with Crippen LogP contribution in [0.3, 0.4) is 0 Å². The predicted molar refractivity (Wildman–Crippen MR) is 70.4 cm³/mol. The Morgan fingerprint density at radius 1 is 1.20 bits per heavy atom. The van der Waals surface area contributed by atoms with Crippen molar-refractivity contribution in [2.24, 2.45) is 5.73 Å². The van der Waals surface area contributed by atoms with Gasteiger partial charge < -0.3 is 10.5 Å². The molecule has 6 heteroatoms. The number of esters is 1. The van der Waals surface area contributed by atoms with E-state index in [2.05, 4.69) is 0 Å². The van der Waals surface area contributed by atoms with Crippen LogP contribution in [0, 0.1) is 0 Å². The van der Waals surface area contributed by atoms with E-state index < -0.39 is 17.9 Å². The molecule has 116 valence electrons. The van der Waals surface area contributed by atoms with Crippen molar-refractivity contribution >= 4 is 11.8 Å². The van der Waals surface area contributed by atoms with E-state index >= 15 is 0 Å². The number of alkyl halides is 2. The van der Waals surface area contributed by atoms with E-state index in [9.17, 15) is 18.4 Å². The molecule has 1 fully saturated rings. The number of Topliss-reactive ketones (excluding diaryl/α,β-unsaturated/α-hetero) is 1. The van der Waals surface area contributed by atoms with Gasteiger partial charge >= 0.3 is 5.97 Å². The minimum atomic E-state index is -2.21. The Morgan fingerprint density at radius 3 is 2.35 bits per heavy atom. The molecule has 0 aromatic rings. The van der Waals surface area contributed by atoms with Crippen LogP contribution in [0.1, 0.15) is 57.8 Å². The largest absolute Gasteiger partial charge is 0.464 e. The van der Waals surface area contributed by atoms with Gasteiger partial charge in [-0.05, 0) is 12.8 Å². The first kappa shape index (κ1) is 17.0. The first-order valence-electron chi connectivity index (χ1n) is 7.24. The van der Waals surface area contributed by atoms with E-state index in [-0.39, 0.29) is 31.7 Å². The summed E-state index contributed by atoms with van der Waals surface area (Å²) < 4.78 is 28.5. The van der Waals surface area contributed by atoms with Crippen molar-refractivity contribution in [3.63, 3.8) is 0 Å². The van der Waals surface area contributed by atoms with Crippen LogP contribution in [0.25, 0.3) is 0 Å². The van der Waals surface area contributed by atoms with Gasteiger partial charge in [-0.3, -0.25) is 4.79 Å². The van der Waals surface area contributed by atoms with Crippen molar-refractivity contribution in [2.75, 3.05) is 6.61 Å². The smallest absolute Gasteiger partial charge is 0.334 e. The number of carbonyl (C=O) groups is 2. The van der Waals surface area contributed by atoms with Crippen molar-refractivity contribution in [1.29, 1.82) is 0 Å². The molecule has 0 aromatic carbocycles. The Balaban J connectivity index is 2.04. The average Bonchev–Trinajstić information content (AvgIpc) is 2.73. The maximum atomic E-state index is 11.9. The Morgan fingerprint density at radius 2 is 1.80 bits per heavy atom. The van der Waals surface area contributed by atoms with Gasteiger partial charge in [-0.2, -0.15) is 0 Å². The second-order valence-corrected chi connectivity index (χ2v) is 5.33. The monoisotopic (exact) mass is 291 g/mol. The van der Waals surface area contributed by atoms with Gasteiger partial charge in [0.1, 0.15) is 0 Å². The van der Waals surface area contributed by atoms with E-state index in [0.29, 0.717) is 12.8 Å². The second-order valence-electron chi connectivity index (χ2n) is 5.33. The summed E-state index contributed by atoms with van der Waals surface area (Å²) in [6, 6.07) is 0. The minimum Gasteiger partial charge on any atom is -0.464 e. The molecule has 0 aromatic heterocycles. The van der Waals surface area contributed by atoms with E-state index in [0.717, 1.165) is 25.7 Å². The number of hydrogen-bond acceptors (Lipinski definition) is 4. The lowest BCUT2D eigenvalue weighted by atomic mass is 9.90. The van der Waals surface area contributed by atoms with Crippen molar-refractivity contribution in [2.45, 2.75) is 69.8 Å². The highest BCUT2D eigenvalue weighted by atomic mass is 19.3. The molecule has 1 heterocycles. The fourth-order valence-corrected chi connectivity index (χ4v) is 2.30. The number of ketones is 1. The summed E-state index contributed by atoms with van der Waals surface area (Å²) in [6.45, 7) is 0.214. The first-order chi connectivity index (χ1) is 9.47. The van der Waals surface area contributed by atoms with Crippen LogP contribution in [0.15, 0.2) is 0 Å². The van der Waals surface area contributed by atoms with Gasteiger partial charge in [0, 0.05) is 19.3 Å². The van der Waals surface area contributed by atoms with Crippen molar-refractivity contribution in [3.8, 4) is 0 Å². The number of halogens is 2. The molecular formula is C14H23F2NO3. The predicted octanol–water partition coefficient (Wildman–Crippen LogP) is 2.59. The zero-order valence-electron chi connectivity index (χ0n) is 11.7. The number of unbranched alkanes of at least 4 members (excludes halogenated alkanes) is 5. The maximum Gasteiger partial charge on any atom is 0.334 e.